The number of hydrogen-bond donors (Lipinski definition) is 0. The van der Waals surface area contributed by atoms with Crippen LogP contribution in [0.2, 0.25) is 5.02 Å². The van der Waals surface area contributed by atoms with E-state index in [0.717, 1.165) is 18.4 Å². The number of hydrogen-bond acceptors (Lipinski definition) is 6. The normalized spacial score (nSPS) is 13.3. The molecule has 2 heterocycles. The molecule has 10 heteroatoms. The molecule has 0 unspecified atom stereocenters. The van der Waals surface area contributed by atoms with Crippen LogP contribution in [0.25, 0.3) is 17.1 Å². The molecule has 0 saturated heterocycles. The third kappa shape index (κ3) is 4.51. The van der Waals surface area contributed by atoms with Gasteiger partial charge >= 0.3 is 0 Å². The zero-order valence-electron chi connectivity index (χ0n) is 17.6. The van der Waals surface area contributed by atoms with Crippen molar-refractivity contribution in [3.63, 3.8) is 0 Å². The van der Waals surface area contributed by atoms with Crippen LogP contribution in [-0.2, 0) is 6.54 Å². The van der Waals surface area contributed by atoms with Crippen LogP contribution >= 0.6 is 23.4 Å². The Morgan fingerprint density at radius 3 is 2.58 bits per heavy atom. The molecule has 33 heavy (non-hydrogen) atoms. The van der Waals surface area contributed by atoms with E-state index in [1.165, 1.54) is 23.9 Å². The molecule has 1 amide bonds. The number of carbonyl (C=O) groups excluding carboxylic acids is 1. The number of amides is 1. The first kappa shape index (κ1) is 21.7. The van der Waals surface area contributed by atoms with E-state index in [9.17, 15) is 9.18 Å². The first-order chi connectivity index (χ1) is 16.0. The monoisotopic (exact) mass is 483 g/mol. The Hall–Kier alpha value is -3.17. The molecule has 1 aliphatic carbocycles. The van der Waals surface area contributed by atoms with Gasteiger partial charge in [0.1, 0.15) is 11.5 Å². The first-order valence-corrected chi connectivity index (χ1v) is 11.9. The van der Waals surface area contributed by atoms with Crippen LogP contribution in [-0.4, -0.2) is 42.9 Å². The van der Waals surface area contributed by atoms with E-state index in [2.05, 4.69) is 15.2 Å². The van der Waals surface area contributed by atoms with Crippen molar-refractivity contribution in [2.24, 2.45) is 0 Å². The molecule has 0 radical (unpaired) electrons. The average molecular weight is 484 g/mol. The smallest absolute Gasteiger partial charge is 0.273 e. The second kappa shape index (κ2) is 8.99. The van der Waals surface area contributed by atoms with Gasteiger partial charge in [0.2, 0.25) is 11.8 Å². The minimum Gasteiger partial charge on any atom is -0.419 e. The van der Waals surface area contributed by atoms with Gasteiger partial charge < -0.3 is 9.32 Å². The molecule has 1 aliphatic rings. The quantitative estimate of drug-likeness (QED) is 0.334. The second-order valence-electron chi connectivity index (χ2n) is 7.61. The zero-order chi connectivity index (χ0) is 22.9. The number of imidazole rings is 1. The van der Waals surface area contributed by atoms with Crippen LogP contribution in [0, 0.1) is 5.82 Å². The van der Waals surface area contributed by atoms with Crippen LogP contribution in [0.4, 0.5) is 4.39 Å². The van der Waals surface area contributed by atoms with Gasteiger partial charge in [0.15, 0.2) is 5.16 Å². The number of thioether (sulfide) groups is 1. The molecule has 2 aromatic carbocycles. The van der Waals surface area contributed by atoms with E-state index in [1.54, 1.807) is 52.1 Å². The summed E-state index contributed by atoms with van der Waals surface area (Å²) in [6.45, 7) is 0.188. The molecule has 168 valence electrons. The summed E-state index contributed by atoms with van der Waals surface area (Å²) in [5, 5.41) is 9.52. The Morgan fingerprint density at radius 1 is 1.18 bits per heavy atom. The van der Waals surface area contributed by atoms with Crippen molar-refractivity contribution >= 4 is 29.3 Å². The van der Waals surface area contributed by atoms with Crippen LogP contribution in [0.15, 0.2) is 64.3 Å². The highest BCUT2D eigenvalue weighted by molar-refractivity contribution is 7.98. The highest BCUT2D eigenvalue weighted by Gasteiger charge is 2.36. The molecule has 0 N–H and O–H groups in total. The maximum absolute atomic E-state index is 13.6. The topological polar surface area (TPSA) is 77.1 Å². The summed E-state index contributed by atoms with van der Waals surface area (Å²) in [7, 11) is 0. The van der Waals surface area contributed by atoms with Crippen molar-refractivity contribution in [1.29, 1.82) is 0 Å². The van der Waals surface area contributed by atoms with Crippen molar-refractivity contribution in [3.05, 3.63) is 77.2 Å². The lowest BCUT2D eigenvalue weighted by Crippen LogP contribution is -2.34. The van der Waals surface area contributed by atoms with E-state index in [0.29, 0.717) is 33.3 Å². The van der Waals surface area contributed by atoms with E-state index in [4.69, 9.17) is 16.0 Å². The molecule has 0 bridgehead atoms. The average Bonchev–Trinajstić information content (AvgIpc) is 3.40. The summed E-state index contributed by atoms with van der Waals surface area (Å²) in [4.78, 5) is 19.7. The fraction of sp³-hybridized carbons (Fsp3) is 0.217. The lowest BCUT2D eigenvalue weighted by molar-refractivity contribution is 0.0705. The molecule has 0 spiro atoms. The molecule has 2 aromatic heterocycles. The number of benzene rings is 2. The molecule has 0 aliphatic heterocycles. The van der Waals surface area contributed by atoms with Crippen LogP contribution in [0.5, 0.6) is 0 Å². The van der Waals surface area contributed by atoms with E-state index < -0.39 is 0 Å². The maximum atomic E-state index is 13.6. The highest BCUT2D eigenvalue weighted by Crippen LogP contribution is 2.32. The van der Waals surface area contributed by atoms with Crippen molar-refractivity contribution in [2.75, 3.05) is 6.26 Å². The number of nitrogens with zero attached hydrogens (tertiary/aromatic N) is 5. The number of carbonyl (C=O) groups is 1. The van der Waals surface area contributed by atoms with Crippen molar-refractivity contribution in [3.8, 4) is 17.1 Å². The van der Waals surface area contributed by atoms with Gasteiger partial charge in [-0.15, -0.1) is 10.2 Å². The largest absolute Gasteiger partial charge is 0.419 e. The second-order valence-corrected chi connectivity index (χ2v) is 8.82. The Bertz CT molecular complexity index is 1290. The summed E-state index contributed by atoms with van der Waals surface area (Å²) < 4.78 is 21.0. The van der Waals surface area contributed by atoms with Crippen molar-refractivity contribution < 1.29 is 13.6 Å². The number of rotatable bonds is 7. The number of aromatic nitrogens is 4. The van der Waals surface area contributed by atoms with Gasteiger partial charge in [0, 0.05) is 22.3 Å². The molecule has 1 saturated carbocycles. The molecule has 4 aromatic rings. The van der Waals surface area contributed by atoms with Crippen LogP contribution in [0.1, 0.15) is 29.2 Å². The minimum atomic E-state index is -0.343. The summed E-state index contributed by atoms with van der Waals surface area (Å²) in [6.07, 6.45) is 5.25. The Labute approximate surface area is 198 Å². The van der Waals surface area contributed by atoms with Gasteiger partial charge in [0.25, 0.3) is 5.91 Å². The SMILES string of the molecule is CSc1ncc(C(=O)N(Cc2nnc(-c3ccc(Cl)cc3)o2)C2CC2)n1-c1ccc(F)cc1. The van der Waals surface area contributed by atoms with Gasteiger partial charge in [-0.1, -0.05) is 23.4 Å². The van der Waals surface area contributed by atoms with E-state index in [1.807, 2.05) is 6.26 Å². The first-order valence-electron chi connectivity index (χ1n) is 10.3. The predicted molar refractivity (Wildman–Crippen MR) is 123 cm³/mol. The van der Waals surface area contributed by atoms with Gasteiger partial charge in [0.05, 0.1) is 12.7 Å². The Morgan fingerprint density at radius 2 is 1.91 bits per heavy atom. The molecule has 7 nitrogen and oxygen atoms in total. The van der Waals surface area contributed by atoms with Gasteiger partial charge in [-0.25, -0.2) is 9.37 Å². The molecule has 5 rings (SSSR count). The molecule has 0 atom stereocenters. The standard InChI is InChI=1S/C23H19ClFN5O2S/c1-33-23-26-12-19(30(23)18-8-6-16(25)7-9-18)22(31)29(17-10-11-17)13-20-27-28-21(32-20)14-2-4-15(24)5-3-14/h2-9,12,17H,10-11,13H2,1H3. The van der Waals surface area contributed by atoms with Crippen LogP contribution < -0.4 is 0 Å². The van der Waals surface area contributed by atoms with Crippen LogP contribution in [0.3, 0.4) is 0 Å². The predicted octanol–water partition coefficient (Wildman–Crippen LogP) is 5.24. The third-order valence-corrected chi connectivity index (χ3v) is 6.23. The number of halogens is 2. The fourth-order valence-corrected chi connectivity index (χ4v) is 4.21. The third-order valence-electron chi connectivity index (χ3n) is 5.33. The van der Waals surface area contributed by atoms with E-state index >= 15 is 0 Å². The summed E-state index contributed by atoms with van der Waals surface area (Å²) in [6, 6.07) is 13.2. The summed E-state index contributed by atoms with van der Waals surface area (Å²) in [5.41, 5.74) is 1.82. The summed E-state index contributed by atoms with van der Waals surface area (Å²) >= 11 is 7.36. The van der Waals surface area contributed by atoms with E-state index in [-0.39, 0.29) is 24.3 Å². The zero-order valence-corrected chi connectivity index (χ0v) is 19.2. The Kier molecular flexibility index (Phi) is 5.90. The lowest BCUT2D eigenvalue weighted by atomic mass is 10.2. The maximum Gasteiger partial charge on any atom is 0.273 e. The highest BCUT2D eigenvalue weighted by atomic mass is 35.5. The van der Waals surface area contributed by atoms with Gasteiger partial charge in [-0.3, -0.25) is 9.36 Å². The lowest BCUT2D eigenvalue weighted by Gasteiger charge is -2.21. The molecular formula is C23H19ClFN5O2S. The molecular weight excluding hydrogens is 465 g/mol. The minimum absolute atomic E-state index is 0.0951. The summed E-state index contributed by atoms with van der Waals surface area (Å²) in [5.74, 6) is 0.176. The van der Waals surface area contributed by atoms with Gasteiger partial charge in [-0.05, 0) is 67.6 Å². The fourth-order valence-electron chi connectivity index (χ4n) is 3.54. The van der Waals surface area contributed by atoms with Crippen molar-refractivity contribution in [2.45, 2.75) is 30.6 Å². The Balaban J connectivity index is 1.43. The van der Waals surface area contributed by atoms with Crippen molar-refractivity contribution in [1.82, 2.24) is 24.6 Å². The van der Waals surface area contributed by atoms with Gasteiger partial charge in [-0.2, -0.15) is 0 Å². The molecule has 1 fully saturated rings.